The number of rotatable bonds is 7. The lowest BCUT2D eigenvalue weighted by molar-refractivity contribution is -0.913. The summed E-state index contributed by atoms with van der Waals surface area (Å²) >= 11 is 0. The molecular formula is C22H32N3O4+. The minimum Gasteiger partial charge on any atom is -0.466 e. The van der Waals surface area contributed by atoms with Crippen molar-refractivity contribution in [3.05, 3.63) is 35.9 Å². The Balaban J connectivity index is 1.71. The van der Waals surface area contributed by atoms with E-state index in [9.17, 15) is 14.4 Å². The third kappa shape index (κ3) is 4.45. The number of hydrogen-bond donors (Lipinski definition) is 2. The van der Waals surface area contributed by atoms with Gasteiger partial charge in [-0.2, -0.15) is 0 Å². The van der Waals surface area contributed by atoms with E-state index in [0.29, 0.717) is 32.5 Å². The number of nitrogens with one attached hydrogen (secondary N) is 2. The van der Waals surface area contributed by atoms with E-state index in [1.807, 2.05) is 37.3 Å². The standard InChI is InChI=1S/C22H31N3O4/c1-4-29-19(26)17-10-12-24(13-11-17)15-25-20(27)22(14-16(2)3,23-21(25)28)18-8-6-5-7-9-18/h5-9,16-17H,4,10-15H2,1-3H3,(H,23,28)/p+1/t22-/m1/s1. The van der Waals surface area contributed by atoms with E-state index in [-0.39, 0.29) is 29.7 Å². The van der Waals surface area contributed by atoms with Crippen LogP contribution in [0.25, 0.3) is 0 Å². The van der Waals surface area contributed by atoms with Crippen LogP contribution in [0.5, 0.6) is 0 Å². The first-order chi connectivity index (χ1) is 13.9. The minimum atomic E-state index is -1.00. The largest absolute Gasteiger partial charge is 0.466 e. The van der Waals surface area contributed by atoms with Crippen molar-refractivity contribution in [1.29, 1.82) is 0 Å². The van der Waals surface area contributed by atoms with Gasteiger partial charge in [0.15, 0.2) is 6.67 Å². The lowest BCUT2D eigenvalue weighted by Gasteiger charge is -2.31. The van der Waals surface area contributed by atoms with Gasteiger partial charge in [0.05, 0.1) is 25.6 Å². The number of imide groups is 1. The van der Waals surface area contributed by atoms with Gasteiger partial charge in [0.2, 0.25) is 0 Å². The second-order valence-corrected chi connectivity index (χ2v) is 8.47. The van der Waals surface area contributed by atoms with E-state index in [2.05, 4.69) is 19.2 Å². The van der Waals surface area contributed by atoms with Crippen molar-refractivity contribution in [3.63, 3.8) is 0 Å². The highest BCUT2D eigenvalue weighted by molar-refractivity contribution is 6.07. The normalized spacial score (nSPS) is 27.2. The molecule has 0 bridgehead atoms. The fraction of sp³-hybridized carbons (Fsp3) is 0.591. The molecule has 0 radical (unpaired) electrons. The molecule has 1 aromatic rings. The van der Waals surface area contributed by atoms with Crippen molar-refractivity contribution in [2.45, 2.75) is 45.6 Å². The fourth-order valence-corrected chi connectivity index (χ4v) is 4.46. The van der Waals surface area contributed by atoms with Gasteiger partial charge in [0.25, 0.3) is 5.91 Å². The molecule has 2 N–H and O–H groups in total. The van der Waals surface area contributed by atoms with Crippen LogP contribution in [0.2, 0.25) is 0 Å². The van der Waals surface area contributed by atoms with Crippen molar-refractivity contribution < 1.29 is 24.0 Å². The van der Waals surface area contributed by atoms with Crippen molar-refractivity contribution >= 4 is 17.9 Å². The number of amides is 3. The van der Waals surface area contributed by atoms with Crippen molar-refractivity contribution in [2.24, 2.45) is 11.8 Å². The first-order valence-corrected chi connectivity index (χ1v) is 10.6. The quantitative estimate of drug-likeness (QED) is 0.532. The Morgan fingerprint density at radius 3 is 2.48 bits per heavy atom. The Morgan fingerprint density at radius 2 is 1.90 bits per heavy atom. The number of carbonyl (C=O) groups is 3. The molecule has 2 saturated heterocycles. The minimum absolute atomic E-state index is 0.0776. The molecular weight excluding hydrogens is 370 g/mol. The molecule has 7 nitrogen and oxygen atoms in total. The number of piperidine rings is 1. The first kappa shape index (κ1) is 21.3. The number of benzene rings is 1. The van der Waals surface area contributed by atoms with E-state index >= 15 is 0 Å². The summed E-state index contributed by atoms with van der Waals surface area (Å²) in [5, 5.41) is 3.00. The summed E-state index contributed by atoms with van der Waals surface area (Å²) < 4.78 is 5.12. The molecule has 0 aromatic heterocycles. The Bertz CT molecular complexity index is 744. The molecule has 2 heterocycles. The van der Waals surface area contributed by atoms with Crippen LogP contribution in [0.4, 0.5) is 4.79 Å². The van der Waals surface area contributed by atoms with E-state index in [0.717, 1.165) is 23.6 Å². The maximum absolute atomic E-state index is 13.5. The zero-order valence-electron chi connectivity index (χ0n) is 17.6. The molecule has 0 saturated carbocycles. The van der Waals surface area contributed by atoms with Gasteiger partial charge >= 0.3 is 12.0 Å². The topological polar surface area (TPSA) is 80.2 Å². The van der Waals surface area contributed by atoms with Gasteiger partial charge < -0.3 is 15.0 Å². The monoisotopic (exact) mass is 402 g/mol. The van der Waals surface area contributed by atoms with Crippen molar-refractivity contribution in [2.75, 3.05) is 26.4 Å². The van der Waals surface area contributed by atoms with Gasteiger partial charge in [-0.15, -0.1) is 0 Å². The molecule has 7 heteroatoms. The van der Waals surface area contributed by atoms with Gasteiger partial charge in [-0.3, -0.25) is 9.59 Å². The molecule has 1 aromatic carbocycles. The van der Waals surface area contributed by atoms with E-state index < -0.39 is 5.54 Å². The number of ether oxygens (including phenoxy) is 1. The summed E-state index contributed by atoms with van der Waals surface area (Å²) in [6.45, 7) is 8.12. The number of carbonyl (C=O) groups excluding carboxylic acids is 3. The summed E-state index contributed by atoms with van der Waals surface area (Å²) in [7, 11) is 0. The number of urea groups is 1. The summed E-state index contributed by atoms with van der Waals surface area (Å²) in [5.74, 6) is -0.151. The van der Waals surface area contributed by atoms with Crippen LogP contribution in [0, 0.1) is 11.8 Å². The smallest absolute Gasteiger partial charge is 0.329 e. The Hall–Kier alpha value is -2.41. The second-order valence-electron chi connectivity index (χ2n) is 8.47. The lowest BCUT2D eigenvalue weighted by Crippen LogP contribution is -3.14. The van der Waals surface area contributed by atoms with Crippen LogP contribution in [0.3, 0.4) is 0 Å². The zero-order valence-corrected chi connectivity index (χ0v) is 17.6. The maximum atomic E-state index is 13.5. The molecule has 2 fully saturated rings. The van der Waals surface area contributed by atoms with Crippen LogP contribution < -0.4 is 10.2 Å². The van der Waals surface area contributed by atoms with Gasteiger partial charge in [-0.05, 0) is 24.8 Å². The molecule has 29 heavy (non-hydrogen) atoms. The highest BCUT2D eigenvalue weighted by Gasteiger charge is 2.53. The average molecular weight is 403 g/mol. The Kier molecular flexibility index (Phi) is 6.57. The van der Waals surface area contributed by atoms with Gasteiger partial charge in [0, 0.05) is 12.8 Å². The molecule has 3 amide bonds. The first-order valence-electron chi connectivity index (χ1n) is 10.6. The highest BCUT2D eigenvalue weighted by atomic mass is 16.5. The molecule has 158 valence electrons. The molecule has 2 aliphatic rings. The summed E-state index contributed by atoms with van der Waals surface area (Å²) in [6.07, 6.45) is 1.99. The molecule has 0 aliphatic carbocycles. The Morgan fingerprint density at radius 1 is 1.24 bits per heavy atom. The summed E-state index contributed by atoms with van der Waals surface area (Å²) in [5.41, 5.74) is -0.180. The number of nitrogens with zero attached hydrogens (tertiary/aromatic N) is 1. The fourth-order valence-electron chi connectivity index (χ4n) is 4.46. The average Bonchev–Trinajstić information content (AvgIpc) is 2.94. The number of quaternary nitrogens is 1. The highest BCUT2D eigenvalue weighted by Crippen LogP contribution is 2.34. The van der Waals surface area contributed by atoms with E-state index in [1.54, 1.807) is 0 Å². The van der Waals surface area contributed by atoms with Gasteiger partial charge in [-0.1, -0.05) is 44.2 Å². The number of hydrogen-bond acceptors (Lipinski definition) is 4. The predicted octanol–water partition coefficient (Wildman–Crippen LogP) is 1.30. The van der Waals surface area contributed by atoms with E-state index in [1.165, 1.54) is 4.90 Å². The van der Waals surface area contributed by atoms with Gasteiger partial charge in [-0.25, -0.2) is 9.69 Å². The third-order valence-corrected chi connectivity index (χ3v) is 5.85. The van der Waals surface area contributed by atoms with E-state index in [4.69, 9.17) is 4.74 Å². The summed E-state index contributed by atoms with van der Waals surface area (Å²) in [4.78, 5) is 40.7. The molecule has 0 spiro atoms. The summed E-state index contributed by atoms with van der Waals surface area (Å²) in [6, 6.07) is 9.17. The third-order valence-electron chi connectivity index (χ3n) is 5.85. The SMILES string of the molecule is CCOC(=O)C1CC[NH+](CN2C(=O)N[C@](CC(C)C)(c3ccccc3)C2=O)CC1. The van der Waals surface area contributed by atoms with Crippen LogP contribution >= 0.6 is 0 Å². The number of esters is 1. The zero-order chi connectivity index (χ0) is 21.0. The van der Waals surface area contributed by atoms with Crippen molar-refractivity contribution in [1.82, 2.24) is 10.2 Å². The van der Waals surface area contributed by atoms with Crippen LogP contribution in [0.1, 0.15) is 45.6 Å². The van der Waals surface area contributed by atoms with Crippen LogP contribution in [0.15, 0.2) is 30.3 Å². The second kappa shape index (κ2) is 8.95. The van der Waals surface area contributed by atoms with Crippen LogP contribution in [-0.2, 0) is 19.9 Å². The Labute approximate surface area is 172 Å². The maximum Gasteiger partial charge on any atom is 0.329 e. The predicted molar refractivity (Wildman–Crippen MR) is 108 cm³/mol. The molecule has 3 rings (SSSR count). The van der Waals surface area contributed by atoms with Crippen LogP contribution in [-0.4, -0.2) is 49.2 Å². The number of likely N-dealkylation sites (tertiary alicyclic amines) is 1. The molecule has 1 atom stereocenters. The lowest BCUT2D eigenvalue weighted by atomic mass is 9.82. The molecule has 0 unspecified atom stereocenters. The van der Waals surface area contributed by atoms with Gasteiger partial charge in [0.1, 0.15) is 5.54 Å². The molecule has 2 aliphatic heterocycles. The van der Waals surface area contributed by atoms with Crippen molar-refractivity contribution in [3.8, 4) is 0 Å².